The molecular formula is C25H29N11O3. The zero-order valence-corrected chi connectivity index (χ0v) is 21.8. The molecule has 1 heterocycles. The molecule has 2 amide bonds. The summed E-state index contributed by atoms with van der Waals surface area (Å²) in [6.07, 6.45) is 1.53. The normalized spacial score (nSPS) is 18.0. The molecule has 2 atom stereocenters. The first kappa shape index (κ1) is 27.3. The van der Waals surface area contributed by atoms with Crippen molar-refractivity contribution in [1.82, 2.24) is 10.2 Å². The number of carbonyl (C=O) groups excluding carboxylic acids is 2. The number of aromatic nitrogens is 2. The second-order valence-electron chi connectivity index (χ2n) is 9.67. The first-order valence-electron chi connectivity index (χ1n) is 12.3. The van der Waals surface area contributed by atoms with Crippen molar-refractivity contribution in [2.45, 2.75) is 57.4 Å². The van der Waals surface area contributed by atoms with Crippen LogP contribution in [0.2, 0.25) is 0 Å². The molecule has 1 unspecified atom stereocenters. The van der Waals surface area contributed by atoms with E-state index < -0.39 is 17.2 Å². The Morgan fingerprint density at radius 3 is 2.13 bits per heavy atom. The molecule has 0 aliphatic heterocycles. The Morgan fingerprint density at radius 2 is 1.56 bits per heavy atom. The topological polar surface area (TPSA) is 225 Å². The van der Waals surface area contributed by atoms with Gasteiger partial charge in [0.1, 0.15) is 5.41 Å². The summed E-state index contributed by atoms with van der Waals surface area (Å²) in [5, 5.41) is 28.0. The molecule has 4 rings (SSSR count). The number of hydrogen-bond acceptors (Lipinski definition) is 7. The maximum atomic E-state index is 12.7. The molecule has 3 aromatic rings. The predicted octanol–water partition coefficient (Wildman–Crippen LogP) is 3.66. The van der Waals surface area contributed by atoms with Crippen LogP contribution in [0.4, 0.5) is 0 Å². The summed E-state index contributed by atoms with van der Waals surface area (Å²) < 4.78 is 6.28. The molecule has 0 saturated heterocycles. The lowest BCUT2D eigenvalue weighted by Crippen LogP contribution is -2.37. The molecule has 0 radical (unpaired) electrons. The summed E-state index contributed by atoms with van der Waals surface area (Å²) in [4.78, 5) is 24.7. The van der Waals surface area contributed by atoms with Crippen LogP contribution in [-0.2, 0) is 18.3 Å². The summed E-state index contributed by atoms with van der Waals surface area (Å²) in [5.74, 6) is 4.55. The summed E-state index contributed by atoms with van der Waals surface area (Å²) in [6, 6.07) is 10.3. The van der Waals surface area contributed by atoms with Crippen molar-refractivity contribution in [2.75, 3.05) is 0 Å². The van der Waals surface area contributed by atoms with Crippen LogP contribution in [0.3, 0.4) is 0 Å². The highest BCUT2D eigenvalue weighted by atomic mass is 16.4. The Morgan fingerprint density at radius 1 is 0.949 bits per heavy atom. The molecule has 39 heavy (non-hydrogen) atoms. The quantitative estimate of drug-likeness (QED) is 0.222. The van der Waals surface area contributed by atoms with Gasteiger partial charge in [0.2, 0.25) is 17.7 Å². The third-order valence-electron chi connectivity index (χ3n) is 6.56. The number of nitrogens with zero attached hydrogens (tertiary/aromatic N) is 8. The summed E-state index contributed by atoms with van der Waals surface area (Å²) >= 11 is 0. The van der Waals surface area contributed by atoms with Gasteiger partial charge >= 0.3 is 0 Å². The average Bonchev–Trinajstić information content (AvgIpc) is 3.37. The summed E-state index contributed by atoms with van der Waals surface area (Å²) in [6.45, 7) is 5.84. The molecule has 14 nitrogen and oxygen atoms in total. The van der Waals surface area contributed by atoms with Gasteiger partial charge in [0.25, 0.3) is 5.91 Å². The maximum absolute atomic E-state index is 12.7. The number of carbonyl (C=O) groups is 2. The molecule has 1 aliphatic rings. The molecule has 2 aromatic carbocycles. The van der Waals surface area contributed by atoms with Crippen molar-refractivity contribution < 1.29 is 14.0 Å². The third kappa shape index (κ3) is 5.45. The summed E-state index contributed by atoms with van der Waals surface area (Å²) in [5.41, 5.74) is 15.3. The van der Waals surface area contributed by atoms with Crippen LogP contribution in [0.15, 0.2) is 72.0 Å². The highest BCUT2D eigenvalue weighted by Crippen LogP contribution is 2.48. The van der Waals surface area contributed by atoms with Gasteiger partial charge in [0.05, 0.1) is 0 Å². The first-order valence-corrected chi connectivity index (χ1v) is 12.3. The minimum absolute atomic E-state index is 0.00869. The molecule has 0 bridgehead atoms. The van der Waals surface area contributed by atoms with Crippen LogP contribution >= 0.6 is 0 Å². The number of fused-ring (bicyclic) bond motifs is 2. The Balaban J connectivity index is 1.93. The van der Waals surface area contributed by atoms with E-state index in [1.54, 1.807) is 24.3 Å². The lowest BCUT2D eigenvalue weighted by atomic mass is 9.68. The van der Waals surface area contributed by atoms with Crippen LogP contribution in [0.25, 0.3) is 0 Å². The van der Waals surface area contributed by atoms with Crippen LogP contribution in [0, 0.1) is 0 Å². The van der Waals surface area contributed by atoms with Gasteiger partial charge in [0.15, 0.2) is 0 Å². The molecule has 0 saturated carbocycles. The van der Waals surface area contributed by atoms with Gasteiger partial charge in [-0.25, -0.2) is 0 Å². The van der Waals surface area contributed by atoms with Crippen molar-refractivity contribution in [1.29, 1.82) is 0 Å². The SMILES string of the molecule is CC(C)c1nnc(C2(C[C@H](C)N)c3ccc(C(N)=O)cc3CCc3cc(C(=O)N=NN=NN=NN)ccc32)o1. The van der Waals surface area contributed by atoms with Crippen LogP contribution in [0.1, 0.15) is 87.9 Å². The van der Waals surface area contributed by atoms with E-state index >= 15 is 0 Å². The number of primary amides is 1. The van der Waals surface area contributed by atoms with Gasteiger partial charge in [-0.05, 0) is 93.6 Å². The monoisotopic (exact) mass is 531 g/mol. The first-order chi connectivity index (χ1) is 18.7. The maximum Gasteiger partial charge on any atom is 0.297 e. The molecule has 6 N–H and O–H groups in total. The fourth-order valence-electron chi connectivity index (χ4n) is 4.97. The largest absolute Gasteiger partial charge is 0.424 e. The van der Waals surface area contributed by atoms with E-state index in [0.717, 1.165) is 22.3 Å². The van der Waals surface area contributed by atoms with Crippen molar-refractivity contribution in [3.63, 3.8) is 0 Å². The Kier molecular flexibility index (Phi) is 7.95. The van der Waals surface area contributed by atoms with Gasteiger partial charge in [0, 0.05) is 23.1 Å². The highest BCUT2D eigenvalue weighted by molar-refractivity contribution is 5.95. The van der Waals surface area contributed by atoms with Crippen LogP contribution < -0.4 is 17.3 Å². The van der Waals surface area contributed by atoms with Crippen LogP contribution in [-0.4, -0.2) is 28.1 Å². The van der Waals surface area contributed by atoms with E-state index in [2.05, 4.69) is 41.4 Å². The molecule has 1 aromatic heterocycles. The summed E-state index contributed by atoms with van der Waals surface area (Å²) in [7, 11) is 0. The van der Waals surface area contributed by atoms with E-state index in [1.807, 2.05) is 32.9 Å². The van der Waals surface area contributed by atoms with E-state index in [4.69, 9.17) is 21.7 Å². The number of benzene rings is 2. The number of aryl methyl sites for hydroxylation is 2. The zero-order chi connectivity index (χ0) is 28.2. The Labute approximate surface area is 223 Å². The second kappa shape index (κ2) is 11.3. The number of nitrogens with two attached hydrogens (primary N) is 3. The van der Waals surface area contributed by atoms with Gasteiger partial charge in [-0.1, -0.05) is 36.3 Å². The van der Waals surface area contributed by atoms with Crippen LogP contribution in [0.5, 0.6) is 0 Å². The molecule has 14 heteroatoms. The Hall–Kier alpha value is -4.72. The third-order valence-corrected chi connectivity index (χ3v) is 6.56. The fraction of sp³-hybridized carbons (Fsp3) is 0.360. The molecule has 1 aliphatic carbocycles. The molecular weight excluding hydrogens is 502 g/mol. The number of amides is 2. The van der Waals surface area contributed by atoms with E-state index in [1.165, 1.54) is 0 Å². The number of rotatable bonds is 8. The van der Waals surface area contributed by atoms with Crippen molar-refractivity contribution in [2.24, 2.45) is 48.5 Å². The predicted molar refractivity (Wildman–Crippen MR) is 138 cm³/mol. The molecule has 0 fully saturated rings. The van der Waals surface area contributed by atoms with Gasteiger partial charge in [-0.3, -0.25) is 9.59 Å². The van der Waals surface area contributed by atoms with Gasteiger partial charge in [-0.15, -0.1) is 10.2 Å². The van der Waals surface area contributed by atoms with E-state index in [9.17, 15) is 9.59 Å². The zero-order valence-electron chi connectivity index (χ0n) is 21.8. The highest BCUT2D eigenvalue weighted by Gasteiger charge is 2.46. The fourth-order valence-corrected chi connectivity index (χ4v) is 4.97. The lowest BCUT2D eigenvalue weighted by molar-refractivity contribution is 0.0987. The standard InChI is InChI=1S/C25H29N11O3/c1-13(2)23-30-31-24(39-23)25(12-14(3)26)19-8-6-17(21(27)37)10-15(19)4-5-16-11-18(7-9-20(16)25)22(38)29-33-35-36-34-32-28/h6-11,13-14H,4-5,12,26H2,1-3H3,(H2,27,37)(H2,28,29,34,35,38)/t14-,25?/m0/s1. The minimum atomic E-state index is -0.948. The van der Waals surface area contributed by atoms with Crippen molar-refractivity contribution >= 4 is 11.8 Å². The second-order valence-corrected chi connectivity index (χ2v) is 9.67. The molecule has 0 spiro atoms. The van der Waals surface area contributed by atoms with E-state index in [-0.39, 0.29) is 12.0 Å². The minimum Gasteiger partial charge on any atom is -0.424 e. The van der Waals surface area contributed by atoms with Gasteiger partial charge < -0.3 is 21.7 Å². The lowest BCUT2D eigenvalue weighted by Gasteiger charge is -2.35. The average molecular weight is 532 g/mol. The van der Waals surface area contributed by atoms with E-state index in [0.29, 0.717) is 42.2 Å². The number of hydrogen-bond donors (Lipinski definition) is 3. The van der Waals surface area contributed by atoms with Gasteiger partial charge in [-0.2, -0.15) is 0 Å². The Bertz CT molecular complexity index is 1480. The van der Waals surface area contributed by atoms with Crippen molar-refractivity contribution in [3.05, 3.63) is 81.6 Å². The van der Waals surface area contributed by atoms with Crippen molar-refractivity contribution in [3.8, 4) is 0 Å². The smallest absolute Gasteiger partial charge is 0.297 e. The molecule has 202 valence electrons.